The van der Waals surface area contributed by atoms with E-state index in [0.29, 0.717) is 11.2 Å². The number of hydrogen-bond acceptors (Lipinski definition) is 10. The first-order chi connectivity index (χ1) is 12.8. The Hall–Kier alpha value is -2.47. The minimum absolute atomic E-state index is 0.154. The Kier molecular flexibility index (Phi) is 5.46. The summed E-state index contributed by atoms with van der Waals surface area (Å²) in [6.07, 6.45) is -0.259. The number of nitrogens with zero attached hydrogens (tertiary/aromatic N) is 4. The van der Waals surface area contributed by atoms with Gasteiger partial charge in [-0.05, 0) is 6.26 Å². The molecule has 1 aliphatic rings. The molecule has 10 nitrogen and oxygen atoms in total. The van der Waals surface area contributed by atoms with Crippen molar-refractivity contribution in [2.24, 2.45) is 0 Å². The van der Waals surface area contributed by atoms with E-state index in [-0.39, 0.29) is 5.82 Å². The fourth-order valence-corrected chi connectivity index (χ4v) is 3.42. The second kappa shape index (κ2) is 7.64. The Balaban J connectivity index is 2.06. The number of esters is 2. The van der Waals surface area contributed by atoms with Crippen LogP contribution >= 0.6 is 11.8 Å². The largest absolute Gasteiger partial charge is 0.455 e. The Labute approximate surface area is 157 Å². The van der Waals surface area contributed by atoms with Crippen molar-refractivity contribution in [2.45, 2.75) is 43.9 Å². The number of hydrogen-bond donors (Lipinski definition) is 1. The van der Waals surface area contributed by atoms with E-state index in [4.69, 9.17) is 19.9 Å². The van der Waals surface area contributed by atoms with Crippen LogP contribution in [0, 0.1) is 0 Å². The highest BCUT2D eigenvalue weighted by Crippen LogP contribution is 2.39. The first-order valence-corrected chi connectivity index (χ1v) is 9.22. The molecule has 1 fully saturated rings. The number of anilines is 1. The summed E-state index contributed by atoms with van der Waals surface area (Å²) in [5.74, 6) is -1.13. The monoisotopic (exact) mass is 399 g/mol. The van der Waals surface area contributed by atoms with Crippen LogP contribution in [-0.2, 0) is 23.8 Å². The second-order valence-corrected chi connectivity index (χ2v) is 6.73. The number of rotatable bonds is 5. The number of alkyl halides is 1. The summed E-state index contributed by atoms with van der Waals surface area (Å²) >= 11 is 0.885. The van der Waals surface area contributed by atoms with Gasteiger partial charge in [-0.15, -0.1) is 11.8 Å². The van der Waals surface area contributed by atoms with Crippen molar-refractivity contribution in [3.8, 4) is 0 Å². The second-order valence-electron chi connectivity index (χ2n) is 5.81. The molecule has 0 saturated carbocycles. The van der Waals surface area contributed by atoms with Crippen LogP contribution in [0.5, 0.6) is 0 Å². The van der Waals surface area contributed by atoms with Crippen molar-refractivity contribution in [3.05, 3.63) is 12.7 Å². The summed E-state index contributed by atoms with van der Waals surface area (Å²) < 4.78 is 32.3. The van der Waals surface area contributed by atoms with E-state index >= 15 is 0 Å². The highest BCUT2D eigenvalue weighted by atomic mass is 32.2. The zero-order chi connectivity index (χ0) is 19.7. The summed E-state index contributed by atoms with van der Waals surface area (Å²) in [7, 11) is 0. The number of nitrogens with two attached hydrogens (primary N) is 1. The molecule has 0 bridgehead atoms. The predicted octanol–water partition coefficient (Wildman–Crippen LogP) is 0.828. The molecule has 2 aromatic heterocycles. The third kappa shape index (κ3) is 3.67. The number of fused-ring (bicyclic) bond motifs is 1. The highest BCUT2D eigenvalue weighted by molar-refractivity contribution is 7.99. The van der Waals surface area contributed by atoms with Crippen LogP contribution in [0.1, 0.15) is 20.1 Å². The molecule has 5 atom stereocenters. The van der Waals surface area contributed by atoms with Crippen molar-refractivity contribution in [3.63, 3.8) is 0 Å². The van der Waals surface area contributed by atoms with Crippen molar-refractivity contribution in [1.29, 1.82) is 0 Å². The van der Waals surface area contributed by atoms with Crippen molar-refractivity contribution in [1.82, 2.24) is 19.5 Å². The van der Waals surface area contributed by atoms with Gasteiger partial charge in [0.2, 0.25) is 0 Å². The van der Waals surface area contributed by atoms with Crippen molar-refractivity contribution < 1.29 is 28.2 Å². The standard InChI is InChI=1S/C15H18FN5O5S/c1-6(22)24-9-10(12(16)27-3)26-15(11(9)25-7(2)23)21-5-20-8-13(17)18-4-19-14(8)21/h4-5,9-12,15H,1-3H3,(H2,17,18,19)/t9-,10+,11+,12?,15-/m1/s1. The maximum atomic E-state index is 14.5. The van der Waals surface area contributed by atoms with Crippen molar-refractivity contribution in [2.75, 3.05) is 12.0 Å². The van der Waals surface area contributed by atoms with Gasteiger partial charge in [0.1, 0.15) is 17.9 Å². The molecule has 3 heterocycles. The lowest BCUT2D eigenvalue weighted by atomic mass is 10.1. The molecular weight excluding hydrogens is 381 g/mol. The minimum atomic E-state index is -1.52. The van der Waals surface area contributed by atoms with Gasteiger partial charge in [0.25, 0.3) is 0 Å². The topological polar surface area (TPSA) is 131 Å². The summed E-state index contributed by atoms with van der Waals surface area (Å²) in [5.41, 5.74) is 4.89. The first kappa shape index (κ1) is 19.3. The summed E-state index contributed by atoms with van der Waals surface area (Å²) in [5, 5.41) is 0. The minimum Gasteiger partial charge on any atom is -0.455 e. The van der Waals surface area contributed by atoms with E-state index in [0.717, 1.165) is 11.8 Å². The van der Waals surface area contributed by atoms with Gasteiger partial charge in [0, 0.05) is 13.8 Å². The predicted molar refractivity (Wildman–Crippen MR) is 93.2 cm³/mol. The molecule has 12 heteroatoms. The Morgan fingerprint density at radius 1 is 1.26 bits per heavy atom. The summed E-state index contributed by atoms with van der Waals surface area (Å²) in [6, 6.07) is 0. The molecule has 0 amide bonds. The number of carbonyl (C=O) groups excluding carboxylic acids is 2. The average Bonchev–Trinajstić information content (AvgIpc) is 3.17. The first-order valence-electron chi connectivity index (χ1n) is 7.93. The molecule has 0 aromatic carbocycles. The number of aromatic nitrogens is 4. The maximum Gasteiger partial charge on any atom is 0.303 e. The van der Waals surface area contributed by atoms with E-state index < -0.39 is 42.0 Å². The van der Waals surface area contributed by atoms with Gasteiger partial charge in [-0.3, -0.25) is 14.2 Å². The molecule has 0 aliphatic carbocycles. The number of imidazole rings is 1. The maximum absolute atomic E-state index is 14.5. The van der Waals surface area contributed by atoms with E-state index in [1.807, 2.05) is 0 Å². The zero-order valence-electron chi connectivity index (χ0n) is 14.7. The lowest BCUT2D eigenvalue weighted by Crippen LogP contribution is -2.41. The molecule has 1 saturated heterocycles. The third-order valence-corrected chi connectivity index (χ3v) is 4.69. The normalized spacial score (nSPS) is 26.1. The van der Waals surface area contributed by atoms with Crippen LogP contribution < -0.4 is 5.73 Å². The third-order valence-electron chi connectivity index (χ3n) is 3.97. The van der Waals surface area contributed by atoms with Crippen LogP contribution in [0.15, 0.2) is 12.7 Å². The quantitative estimate of drug-likeness (QED) is 0.721. The number of ether oxygens (including phenoxy) is 3. The molecule has 2 N–H and O–H groups in total. The Bertz CT molecular complexity index is 864. The van der Waals surface area contributed by atoms with Gasteiger partial charge in [0.15, 0.2) is 35.4 Å². The molecule has 27 heavy (non-hydrogen) atoms. The number of halogens is 1. The highest BCUT2D eigenvalue weighted by Gasteiger charge is 2.53. The van der Waals surface area contributed by atoms with Gasteiger partial charge in [0.05, 0.1) is 6.33 Å². The van der Waals surface area contributed by atoms with Crippen LogP contribution in [0.25, 0.3) is 11.2 Å². The molecule has 2 aromatic rings. The van der Waals surface area contributed by atoms with E-state index in [9.17, 15) is 14.0 Å². The lowest BCUT2D eigenvalue weighted by molar-refractivity contribution is -0.165. The van der Waals surface area contributed by atoms with Crippen LogP contribution in [0.3, 0.4) is 0 Å². The SMILES string of the molecule is CSC(F)[C@H]1O[C@@H](n2cnc3c(N)ncnc32)[C@@H](OC(C)=O)[C@@H]1OC(C)=O. The smallest absolute Gasteiger partial charge is 0.303 e. The van der Waals surface area contributed by atoms with E-state index in [2.05, 4.69) is 15.0 Å². The molecular formula is C15H18FN5O5S. The van der Waals surface area contributed by atoms with Crippen molar-refractivity contribution >= 4 is 40.7 Å². The number of nitrogen functional groups attached to an aromatic ring is 1. The van der Waals surface area contributed by atoms with Gasteiger partial charge in [-0.1, -0.05) is 0 Å². The molecule has 1 unspecified atom stereocenters. The van der Waals surface area contributed by atoms with E-state index in [1.54, 1.807) is 6.26 Å². The number of carbonyl (C=O) groups is 2. The van der Waals surface area contributed by atoms with Gasteiger partial charge < -0.3 is 19.9 Å². The van der Waals surface area contributed by atoms with Crippen LogP contribution in [-0.4, -0.2) is 61.5 Å². The van der Waals surface area contributed by atoms with E-state index in [1.165, 1.54) is 31.1 Å². The Morgan fingerprint density at radius 3 is 2.56 bits per heavy atom. The van der Waals surface area contributed by atoms with Gasteiger partial charge in [-0.25, -0.2) is 19.3 Å². The number of thioether (sulfide) groups is 1. The van der Waals surface area contributed by atoms with Gasteiger partial charge >= 0.3 is 11.9 Å². The average molecular weight is 399 g/mol. The molecule has 146 valence electrons. The molecule has 1 aliphatic heterocycles. The fourth-order valence-electron chi connectivity index (χ4n) is 2.93. The Morgan fingerprint density at radius 2 is 1.93 bits per heavy atom. The lowest BCUT2D eigenvalue weighted by Gasteiger charge is -2.24. The molecule has 3 rings (SSSR count). The fraction of sp³-hybridized carbons (Fsp3) is 0.533. The van der Waals surface area contributed by atoms with Crippen LogP contribution in [0.4, 0.5) is 10.2 Å². The van der Waals surface area contributed by atoms with Gasteiger partial charge in [-0.2, -0.15) is 0 Å². The molecule has 0 radical (unpaired) electrons. The summed E-state index contributed by atoms with van der Waals surface area (Å²) in [4.78, 5) is 35.3. The zero-order valence-corrected chi connectivity index (χ0v) is 15.6. The van der Waals surface area contributed by atoms with Crippen LogP contribution in [0.2, 0.25) is 0 Å². The summed E-state index contributed by atoms with van der Waals surface area (Å²) in [6.45, 7) is 2.38. The molecule has 0 spiro atoms.